The second-order valence-corrected chi connectivity index (χ2v) is 7.26. The van der Waals surface area contributed by atoms with E-state index in [1.807, 2.05) is 16.8 Å². The van der Waals surface area contributed by atoms with Crippen LogP contribution in [0.2, 0.25) is 0 Å². The molecule has 2 N–H and O–H groups in total. The molecule has 0 saturated carbocycles. The van der Waals surface area contributed by atoms with E-state index >= 15 is 0 Å². The van der Waals surface area contributed by atoms with Gasteiger partial charge in [-0.05, 0) is 32.9 Å². The van der Waals surface area contributed by atoms with Gasteiger partial charge in [-0.15, -0.1) is 0 Å². The Balaban J connectivity index is 1.91. The Labute approximate surface area is 147 Å². The van der Waals surface area contributed by atoms with Crippen molar-refractivity contribution in [3.8, 4) is 11.4 Å². The Morgan fingerprint density at radius 2 is 1.84 bits per heavy atom. The number of rotatable bonds is 4. The monoisotopic (exact) mass is 343 g/mol. The van der Waals surface area contributed by atoms with Gasteiger partial charge in [-0.2, -0.15) is 5.10 Å². The molecule has 1 aromatic heterocycles. The van der Waals surface area contributed by atoms with Crippen LogP contribution in [0.15, 0.2) is 24.3 Å². The average Bonchev–Trinajstić information content (AvgIpc) is 3.00. The van der Waals surface area contributed by atoms with Gasteiger partial charge in [0.1, 0.15) is 5.82 Å². The fourth-order valence-electron chi connectivity index (χ4n) is 2.85. The quantitative estimate of drug-likeness (QED) is 0.912. The van der Waals surface area contributed by atoms with Crippen molar-refractivity contribution in [1.82, 2.24) is 19.7 Å². The summed E-state index contributed by atoms with van der Waals surface area (Å²) in [5.41, 5.74) is 6.49. The van der Waals surface area contributed by atoms with E-state index in [9.17, 15) is 4.79 Å². The number of nitrogens with two attached hydrogens (primary N) is 1. The third kappa shape index (κ3) is 4.05. The van der Waals surface area contributed by atoms with Gasteiger partial charge in [-0.3, -0.25) is 9.69 Å². The maximum atomic E-state index is 11.2. The molecule has 1 fully saturated rings. The van der Waals surface area contributed by atoms with Gasteiger partial charge in [0.15, 0.2) is 5.82 Å². The number of hydrogen-bond donors (Lipinski definition) is 1. The van der Waals surface area contributed by atoms with Gasteiger partial charge in [0.2, 0.25) is 5.91 Å². The molecule has 0 atom stereocenters. The highest BCUT2D eigenvalue weighted by molar-refractivity contribution is 5.93. The number of morpholine rings is 1. The highest BCUT2D eigenvalue weighted by Gasteiger charge is 2.23. The van der Waals surface area contributed by atoms with Crippen molar-refractivity contribution in [1.29, 1.82) is 0 Å². The molecule has 0 unspecified atom stereocenters. The van der Waals surface area contributed by atoms with Crippen molar-refractivity contribution in [2.45, 2.75) is 32.9 Å². The van der Waals surface area contributed by atoms with Crippen molar-refractivity contribution < 1.29 is 9.53 Å². The summed E-state index contributed by atoms with van der Waals surface area (Å²) in [5, 5.41) is 4.72. The Kier molecular flexibility index (Phi) is 4.87. The van der Waals surface area contributed by atoms with Crippen LogP contribution in [-0.2, 0) is 16.8 Å². The molecule has 7 heteroatoms. The minimum atomic E-state index is -0.437. The van der Waals surface area contributed by atoms with Gasteiger partial charge in [-0.25, -0.2) is 9.67 Å². The molecule has 2 aromatic rings. The predicted molar refractivity (Wildman–Crippen MR) is 95.1 cm³/mol. The first-order valence-corrected chi connectivity index (χ1v) is 8.51. The normalized spacial score (nSPS) is 16.1. The predicted octanol–water partition coefficient (Wildman–Crippen LogP) is 1.63. The van der Waals surface area contributed by atoms with Crippen LogP contribution < -0.4 is 5.73 Å². The van der Waals surface area contributed by atoms with Crippen LogP contribution in [0.5, 0.6) is 0 Å². The molecular weight excluding hydrogens is 318 g/mol. The SMILES string of the molecule is CC(C)(C)n1nc(-c2ccc(C(N)=O)cc2)nc1CN1CCOCC1. The Hall–Kier alpha value is -2.25. The summed E-state index contributed by atoms with van der Waals surface area (Å²) in [6, 6.07) is 7.08. The van der Waals surface area contributed by atoms with Crippen LogP contribution in [0.1, 0.15) is 37.0 Å². The summed E-state index contributed by atoms with van der Waals surface area (Å²) in [6.45, 7) is 10.4. The summed E-state index contributed by atoms with van der Waals surface area (Å²) in [4.78, 5) is 18.3. The van der Waals surface area contributed by atoms with Crippen LogP contribution >= 0.6 is 0 Å². The molecule has 1 aromatic carbocycles. The number of hydrogen-bond acceptors (Lipinski definition) is 5. The van der Waals surface area contributed by atoms with E-state index < -0.39 is 5.91 Å². The van der Waals surface area contributed by atoms with Crippen LogP contribution in [0.25, 0.3) is 11.4 Å². The van der Waals surface area contributed by atoms with Gasteiger partial charge < -0.3 is 10.5 Å². The Morgan fingerprint density at radius 1 is 1.20 bits per heavy atom. The fourth-order valence-corrected chi connectivity index (χ4v) is 2.85. The molecule has 0 spiro atoms. The molecule has 134 valence electrons. The zero-order valence-electron chi connectivity index (χ0n) is 15.0. The summed E-state index contributed by atoms with van der Waals surface area (Å²) in [5.74, 6) is 1.16. The third-order valence-corrected chi connectivity index (χ3v) is 4.21. The van der Waals surface area contributed by atoms with Gasteiger partial charge in [-0.1, -0.05) is 12.1 Å². The molecule has 1 saturated heterocycles. The van der Waals surface area contributed by atoms with Gasteiger partial charge >= 0.3 is 0 Å². The molecule has 3 rings (SSSR count). The summed E-state index contributed by atoms with van der Waals surface area (Å²) < 4.78 is 7.40. The second kappa shape index (κ2) is 6.93. The number of benzene rings is 1. The lowest BCUT2D eigenvalue weighted by Gasteiger charge is -2.28. The smallest absolute Gasteiger partial charge is 0.248 e. The zero-order chi connectivity index (χ0) is 18.0. The number of ether oxygens (including phenoxy) is 1. The lowest BCUT2D eigenvalue weighted by Crippen LogP contribution is -2.37. The van der Waals surface area contributed by atoms with Gasteiger partial charge in [0, 0.05) is 24.2 Å². The maximum Gasteiger partial charge on any atom is 0.248 e. The molecule has 1 amide bonds. The molecule has 1 aliphatic rings. The van der Waals surface area contributed by atoms with E-state index in [1.165, 1.54) is 0 Å². The highest BCUT2D eigenvalue weighted by atomic mass is 16.5. The number of primary amides is 1. The molecule has 0 radical (unpaired) electrons. The number of aromatic nitrogens is 3. The van der Waals surface area contributed by atoms with E-state index in [4.69, 9.17) is 20.6 Å². The minimum Gasteiger partial charge on any atom is -0.379 e. The molecule has 0 bridgehead atoms. The number of carbonyl (C=O) groups excluding carboxylic acids is 1. The van der Waals surface area contributed by atoms with Crippen LogP contribution in [-0.4, -0.2) is 51.9 Å². The molecule has 1 aliphatic heterocycles. The highest BCUT2D eigenvalue weighted by Crippen LogP contribution is 2.22. The summed E-state index contributed by atoms with van der Waals surface area (Å²) >= 11 is 0. The maximum absolute atomic E-state index is 11.2. The number of amides is 1. The lowest BCUT2D eigenvalue weighted by molar-refractivity contribution is 0.0318. The molecule has 2 heterocycles. The largest absolute Gasteiger partial charge is 0.379 e. The van der Waals surface area contributed by atoms with Crippen LogP contribution in [0, 0.1) is 0 Å². The van der Waals surface area contributed by atoms with E-state index in [1.54, 1.807) is 12.1 Å². The molecule has 25 heavy (non-hydrogen) atoms. The first-order valence-electron chi connectivity index (χ1n) is 8.51. The van der Waals surface area contributed by atoms with Crippen molar-refractivity contribution in [2.75, 3.05) is 26.3 Å². The molecular formula is C18H25N5O2. The topological polar surface area (TPSA) is 86.3 Å². The fraction of sp³-hybridized carbons (Fsp3) is 0.500. The standard InChI is InChI=1S/C18H25N5O2/c1-18(2,3)23-15(12-22-8-10-25-11-9-22)20-17(21-23)14-6-4-13(5-7-14)16(19)24/h4-7H,8-12H2,1-3H3,(H2,19,24). The van der Waals surface area contributed by atoms with Crippen LogP contribution in [0.3, 0.4) is 0 Å². The third-order valence-electron chi connectivity index (χ3n) is 4.21. The van der Waals surface area contributed by atoms with Gasteiger partial charge in [0.05, 0.1) is 25.3 Å². The second-order valence-electron chi connectivity index (χ2n) is 7.26. The Morgan fingerprint density at radius 3 is 2.40 bits per heavy atom. The first kappa shape index (κ1) is 17.6. The molecule has 7 nitrogen and oxygen atoms in total. The Bertz CT molecular complexity index is 740. The van der Waals surface area contributed by atoms with Crippen molar-refractivity contribution in [3.05, 3.63) is 35.7 Å². The van der Waals surface area contributed by atoms with Crippen molar-refractivity contribution in [3.63, 3.8) is 0 Å². The average molecular weight is 343 g/mol. The van der Waals surface area contributed by atoms with E-state index in [2.05, 4.69) is 25.7 Å². The molecule has 0 aliphatic carbocycles. The lowest BCUT2D eigenvalue weighted by atomic mass is 10.1. The van der Waals surface area contributed by atoms with E-state index in [0.717, 1.165) is 44.2 Å². The summed E-state index contributed by atoms with van der Waals surface area (Å²) in [6.07, 6.45) is 0. The first-order chi connectivity index (χ1) is 11.8. The van der Waals surface area contributed by atoms with Crippen LogP contribution in [0.4, 0.5) is 0 Å². The van der Waals surface area contributed by atoms with Crippen molar-refractivity contribution >= 4 is 5.91 Å². The van der Waals surface area contributed by atoms with E-state index in [-0.39, 0.29) is 5.54 Å². The van der Waals surface area contributed by atoms with Crippen molar-refractivity contribution in [2.24, 2.45) is 5.73 Å². The minimum absolute atomic E-state index is 0.167. The number of nitrogens with zero attached hydrogens (tertiary/aromatic N) is 4. The summed E-state index contributed by atoms with van der Waals surface area (Å²) in [7, 11) is 0. The van der Waals surface area contributed by atoms with E-state index in [0.29, 0.717) is 11.4 Å². The number of carbonyl (C=O) groups is 1. The zero-order valence-corrected chi connectivity index (χ0v) is 15.0. The van der Waals surface area contributed by atoms with Gasteiger partial charge in [0.25, 0.3) is 0 Å².